The molecule has 5 nitrogen and oxygen atoms in total. The van der Waals surface area contributed by atoms with Gasteiger partial charge in [0.05, 0.1) is 0 Å². The molecule has 0 aromatic rings. The van der Waals surface area contributed by atoms with Gasteiger partial charge in [0.15, 0.2) is 6.04 Å². The van der Waals surface area contributed by atoms with Crippen molar-refractivity contribution < 1.29 is 14.7 Å². The largest absolute Gasteiger partial charge is 0.623 e. The third-order valence-electron chi connectivity index (χ3n) is 3.16. The first-order valence-electron chi connectivity index (χ1n) is 4.95. The average Bonchev–Trinajstić information content (AvgIpc) is 2.23. The Labute approximate surface area is 82.2 Å². The predicted octanol–water partition coefficient (Wildman–Crippen LogP) is 0.500. The van der Waals surface area contributed by atoms with Crippen molar-refractivity contribution in [3.8, 4) is 0 Å². The number of nitrogens with zero attached hydrogens (tertiary/aromatic N) is 2. The fraction of sp³-hybridized carbons (Fsp3) is 0.778. The first-order valence-corrected chi connectivity index (χ1v) is 4.95. The zero-order chi connectivity index (χ0) is 10.3. The molecule has 5 heteroatoms. The van der Waals surface area contributed by atoms with Gasteiger partial charge in [-0.2, -0.15) is 4.74 Å². The van der Waals surface area contributed by atoms with E-state index in [1.165, 1.54) is 6.92 Å². The lowest BCUT2D eigenvalue weighted by Gasteiger charge is -2.37. The predicted molar refractivity (Wildman–Crippen MR) is 49.0 cm³/mol. The van der Waals surface area contributed by atoms with Crippen molar-refractivity contribution in [2.75, 3.05) is 0 Å². The van der Waals surface area contributed by atoms with Gasteiger partial charge in [-0.25, -0.2) is 5.06 Å². The van der Waals surface area contributed by atoms with E-state index < -0.39 is 5.91 Å². The van der Waals surface area contributed by atoms with Crippen LogP contribution >= 0.6 is 0 Å². The number of amides is 1. The van der Waals surface area contributed by atoms with Crippen LogP contribution in [-0.4, -0.2) is 38.7 Å². The van der Waals surface area contributed by atoms with Crippen molar-refractivity contribution in [2.45, 2.75) is 44.7 Å². The summed E-state index contributed by atoms with van der Waals surface area (Å²) < 4.78 is 0.777. The maximum atomic E-state index is 11.6. The highest BCUT2D eigenvalue weighted by molar-refractivity contribution is 6.35. The van der Waals surface area contributed by atoms with Crippen LogP contribution in [0, 0.1) is 5.21 Å². The van der Waals surface area contributed by atoms with E-state index in [1.54, 1.807) is 0 Å². The monoisotopic (exact) mass is 198 g/mol. The second kappa shape index (κ2) is 3.24. The molecular weight excluding hydrogens is 184 g/mol. The van der Waals surface area contributed by atoms with Crippen molar-refractivity contribution in [3.63, 3.8) is 0 Å². The van der Waals surface area contributed by atoms with Crippen molar-refractivity contribution in [3.05, 3.63) is 5.21 Å². The van der Waals surface area contributed by atoms with Crippen LogP contribution in [0.1, 0.15) is 32.6 Å². The highest BCUT2D eigenvalue weighted by Crippen LogP contribution is 2.27. The van der Waals surface area contributed by atoms with Gasteiger partial charge in [-0.3, -0.25) is 10.0 Å². The molecular formula is C9H14N2O3. The zero-order valence-corrected chi connectivity index (χ0v) is 8.14. The molecule has 1 N–H and O–H groups in total. The van der Waals surface area contributed by atoms with Crippen LogP contribution in [0.3, 0.4) is 0 Å². The fourth-order valence-corrected chi connectivity index (χ4v) is 2.31. The van der Waals surface area contributed by atoms with E-state index in [1.807, 2.05) is 0 Å². The summed E-state index contributed by atoms with van der Waals surface area (Å²) in [5, 5.41) is 21.9. The van der Waals surface area contributed by atoms with E-state index >= 15 is 0 Å². The number of carbonyl (C=O) groups is 1. The van der Waals surface area contributed by atoms with E-state index in [0.717, 1.165) is 35.5 Å². The molecule has 1 amide bonds. The number of hydrogen-bond donors (Lipinski definition) is 1. The van der Waals surface area contributed by atoms with Gasteiger partial charge < -0.3 is 5.21 Å². The molecule has 1 saturated carbocycles. The Bertz CT molecular complexity index is 300. The SMILES string of the molecule is CC1=[N+]([O-])C2CCCCC2N(O)C1=O. The van der Waals surface area contributed by atoms with Crippen LogP contribution < -0.4 is 0 Å². The fourth-order valence-electron chi connectivity index (χ4n) is 2.31. The molecule has 0 radical (unpaired) electrons. The quantitative estimate of drug-likeness (QED) is 0.350. The van der Waals surface area contributed by atoms with Gasteiger partial charge in [0, 0.05) is 13.3 Å². The maximum absolute atomic E-state index is 11.6. The van der Waals surface area contributed by atoms with E-state index in [-0.39, 0.29) is 17.8 Å². The first kappa shape index (κ1) is 9.45. The lowest BCUT2D eigenvalue weighted by Crippen LogP contribution is -2.58. The zero-order valence-electron chi connectivity index (χ0n) is 8.14. The maximum Gasteiger partial charge on any atom is 0.338 e. The Morgan fingerprint density at radius 3 is 2.86 bits per heavy atom. The highest BCUT2D eigenvalue weighted by atomic mass is 16.5. The van der Waals surface area contributed by atoms with Gasteiger partial charge in [0.25, 0.3) is 5.71 Å². The number of hydrogen-bond acceptors (Lipinski definition) is 3. The van der Waals surface area contributed by atoms with Crippen molar-refractivity contribution in [2.24, 2.45) is 0 Å². The number of rotatable bonds is 0. The van der Waals surface area contributed by atoms with Crippen molar-refractivity contribution in [1.82, 2.24) is 5.06 Å². The molecule has 0 aromatic carbocycles. The van der Waals surface area contributed by atoms with Gasteiger partial charge >= 0.3 is 5.91 Å². The number of fused-ring (bicyclic) bond motifs is 1. The van der Waals surface area contributed by atoms with E-state index in [4.69, 9.17) is 0 Å². The van der Waals surface area contributed by atoms with Gasteiger partial charge in [-0.15, -0.1) is 0 Å². The molecule has 1 heterocycles. The standard InChI is InChI=1S/C9H14N2O3/c1-6-9(12)11(14)8-5-3-2-4-7(8)10(6)13/h7-8,14H,2-5H2,1H3. The second-order valence-electron chi connectivity index (χ2n) is 3.98. The minimum atomic E-state index is -0.553. The Hall–Kier alpha value is -1.10. The summed E-state index contributed by atoms with van der Waals surface area (Å²) in [6, 6.07) is -0.552. The van der Waals surface area contributed by atoms with Gasteiger partial charge in [0.1, 0.15) is 6.04 Å². The van der Waals surface area contributed by atoms with E-state index in [2.05, 4.69) is 0 Å². The summed E-state index contributed by atoms with van der Waals surface area (Å²) >= 11 is 0. The Balaban J connectivity index is 2.36. The molecule has 0 aromatic heterocycles. The molecule has 1 fully saturated rings. The third kappa shape index (κ3) is 1.19. The molecule has 0 spiro atoms. The molecule has 0 bridgehead atoms. The molecule has 0 saturated heterocycles. The highest BCUT2D eigenvalue weighted by Gasteiger charge is 2.44. The van der Waals surface area contributed by atoms with Crippen LogP contribution in [-0.2, 0) is 4.79 Å². The minimum absolute atomic E-state index is 0.0932. The van der Waals surface area contributed by atoms with E-state index in [0.29, 0.717) is 0 Å². The van der Waals surface area contributed by atoms with Crippen molar-refractivity contribution >= 4 is 11.6 Å². The molecule has 2 atom stereocenters. The molecule has 1 aliphatic carbocycles. The van der Waals surface area contributed by atoms with Gasteiger partial charge in [-0.1, -0.05) is 6.42 Å². The second-order valence-corrected chi connectivity index (χ2v) is 3.98. The lowest BCUT2D eigenvalue weighted by molar-refractivity contribution is -0.523. The Kier molecular flexibility index (Phi) is 2.19. The van der Waals surface area contributed by atoms with Crippen LogP contribution in [0.4, 0.5) is 0 Å². The van der Waals surface area contributed by atoms with Gasteiger partial charge in [-0.05, 0) is 12.8 Å². The van der Waals surface area contributed by atoms with E-state index in [9.17, 15) is 15.2 Å². The van der Waals surface area contributed by atoms with Gasteiger partial charge in [0.2, 0.25) is 0 Å². The topological polar surface area (TPSA) is 66.6 Å². The summed E-state index contributed by atoms with van der Waals surface area (Å²) in [5.74, 6) is -0.553. The normalized spacial score (nSPS) is 33.3. The summed E-state index contributed by atoms with van der Waals surface area (Å²) in [7, 11) is 0. The number of carbonyl (C=O) groups excluding carboxylic acids is 1. The molecule has 14 heavy (non-hydrogen) atoms. The Morgan fingerprint density at radius 2 is 2.14 bits per heavy atom. The summed E-state index contributed by atoms with van der Waals surface area (Å²) in [6.07, 6.45) is 3.45. The lowest BCUT2D eigenvalue weighted by atomic mass is 9.88. The number of hydroxylamine groups is 3. The van der Waals surface area contributed by atoms with Crippen LogP contribution in [0.15, 0.2) is 0 Å². The molecule has 78 valence electrons. The molecule has 2 unspecified atom stereocenters. The molecule has 2 rings (SSSR count). The molecule has 1 aliphatic heterocycles. The Morgan fingerprint density at radius 1 is 1.50 bits per heavy atom. The summed E-state index contributed by atoms with van der Waals surface area (Å²) in [4.78, 5) is 11.4. The minimum Gasteiger partial charge on any atom is -0.623 e. The summed E-state index contributed by atoms with van der Waals surface area (Å²) in [5.41, 5.74) is 0.0932. The first-order chi connectivity index (χ1) is 6.63. The van der Waals surface area contributed by atoms with Crippen molar-refractivity contribution in [1.29, 1.82) is 0 Å². The van der Waals surface area contributed by atoms with Crippen LogP contribution in [0.2, 0.25) is 0 Å². The smallest absolute Gasteiger partial charge is 0.338 e. The summed E-state index contributed by atoms with van der Waals surface area (Å²) in [6.45, 7) is 1.46. The molecule has 2 aliphatic rings. The third-order valence-corrected chi connectivity index (χ3v) is 3.16. The average molecular weight is 198 g/mol. The van der Waals surface area contributed by atoms with Crippen LogP contribution in [0.5, 0.6) is 0 Å². The van der Waals surface area contributed by atoms with Crippen LogP contribution in [0.25, 0.3) is 0 Å².